The Morgan fingerprint density at radius 3 is 2.50 bits per heavy atom. The molecule has 1 aromatic carbocycles. The Balaban J connectivity index is 2.56. The molecule has 0 saturated carbocycles. The molecule has 1 heterocycles. The van der Waals surface area contributed by atoms with E-state index in [0.29, 0.717) is 11.1 Å². The molecule has 0 aliphatic heterocycles. The van der Waals surface area contributed by atoms with Gasteiger partial charge in [0.2, 0.25) is 0 Å². The first-order valence-electron chi connectivity index (χ1n) is 5.62. The highest BCUT2D eigenvalue weighted by atomic mass is 19.4. The maximum Gasteiger partial charge on any atom is 0.433 e. The third-order valence-electron chi connectivity index (χ3n) is 2.65. The van der Waals surface area contributed by atoms with Gasteiger partial charge in [-0.25, -0.2) is 9.37 Å². The summed E-state index contributed by atoms with van der Waals surface area (Å²) in [6.45, 7) is 0. The number of aromatic nitrogens is 1. The fourth-order valence-corrected chi connectivity index (χ4v) is 1.79. The molecule has 0 fully saturated rings. The van der Waals surface area contributed by atoms with Crippen LogP contribution in [0.3, 0.4) is 0 Å². The Bertz CT molecular complexity index is 672. The molecule has 0 saturated heterocycles. The molecule has 6 heteroatoms. The average Bonchev–Trinajstić information content (AvgIpc) is 2.38. The second-order valence-electron chi connectivity index (χ2n) is 4.03. The molecule has 0 aliphatic rings. The lowest BCUT2D eigenvalue weighted by molar-refractivity contribution is -0.141. The van der Waals surface area contributed by atoms with Crippen LogP contribution < -0.4 is 0 Å². The zero-order chi connectivity index (χ0) is 14.8. The van der Waals surface area contributed by atoms with E-state index < -0.39 is 17.7 Å². The summed E-state index contributed by atoms with van der Waals surface area (Å²) >= 11 is 0. The molecule has 20 heavy (non-hydrogen) atoms. The van der Waals surface area contributed by atoms with Crippen LogP contribution in [0.4, 0.5) is 17.6 Å². The smallest absolute Gasteiger partial charge is 0.247 e. The van der Waals surface area contributed by atoms with Gasteiger partial charge in [-0.3, -0.25) is 0 Å². The van der Waals surface area contributed by atoms with E-state index in [-0.39, 0.29) is 12.1 Å². The number of rotatable bonds is 2. The molecule has 2 nitrogen and oxygen atoms in total. The largest absolute Gasteiger partial charge is 0.433 e. The third-order valence-corrected chi connectivity index (χ3v) is 2.65. The van der Waals surface area contributed by atoms with Crippen molar-refractivity contribution in [1.29, 1.82) is 5.26 Å². The third kappa shape index (κ3) is 2.94. The van der Waals surface area contributed by atoms with Crippen molar-refractivity contribution in [2.75, 3.05) is 0 Å². The van der Waals surface area contributed by atoms with E-state index in [1.54, 1.807) is 12.1 Å². The topological polar surface area (TPSA) is 36.7 Å². The molecular weight excluding hydrogens is 272 g/mol. The fraction of sp³-hybridized carbons (Fsp3) is 0.143. The predicted octanol–water partition coefficient (Wildman–Crippen LogP) is 3.97. The van der Waals surface area contributed by atoms with Crippen LogP contribution in [0, 0.1) is 17.1 Å². The predicted molar refractivity (Wildman–Crippen MR) is 64.0 cm³/mol. The van der Waals surface area contributed by atoms with Crippen molar-refractivity contribution in [2.24, 2.45) is 0 Å². The molecule has 0 amide bonds. The van der Waals surface area contributed by atoms with Crippen molar-refractivity contribution < 1.29 is 17.6 Å². The molecule has 0 unspecified atom stereocenters. The number of hydrogen-bond acceptors (Lipinski definition) is 2. The Labute approximate surface area is 112 Å². The number of hydrogen-bond donors (Lipinski definition) is 0. The van der Waals surface area contributed by atoms with Crippen molar-refractivity contribution in [3.05, 3.63) is 53.6 Å². The van der Waals surface area contributed by atoms with Gasteiger partial charge >= 0.3 is 6.18 Å². The van der Waals surface area contributed by atoms with Gasteiger partial charge in [0.1, 0.15) is 11.5 Å². The van der Waals surface area contributed by atoms with Crippen LogP contribution >= 0.6 is 0 Å². The van der Waals surface area contributed by atoms with E-state index >= 15 is 0 Å². The standard InChI is InChI=1S/C14H8F4N2/c15-10-3-1-2-9(8-10)11-4-5-13(14(16,17)18)20-12(11)6-7-19/h1-5,8H,6H2. The van der Waals surface area contributed by atoms with Crippen molar-refractivity contribution >= 4 is 0 Å². The van der Waals surface area contributed by atoms with Gasteiger partial charge in [-0.05, 0) is 23.8 Å². The van der Waals surface area contributed by atoms with Crippen LogP contribution in [0.15, 0.2) is 36.4 Å². The van der Waals surface area contributed by atoms with Crippen molar-refractivity contribution in [3.63, 3.8) is 0 Å². The normalized spacial score (nSPS) is 11.2. The highest BCUT2D eigenvalue weighted by molar-refractivity contribution is 5.66. The lowest BCUT2D eigenvalue weighted by Gasteiger charge is -2.11. The summed E-state index contributed by atoms with van der Waals surface area (Å²) in [7, 11) is 0. The molecule has 0 atom stereocenters. The van der Waals surface area contributed by atoms with E-state index in [9.17, 15) is 17.6 Å². The van der Waals surface area contributed by atoms with Gasteiger partial charge in [-0.15, -0.1) is 0 Å². The SMILES string of the molecule is N#CCc1nc(C(F)(F)F)ccc1-c1cccc(F)c1. The molecule has 102 valence electrons. The van der Waals surface area contributed by atoms with Gasteiger partial charge < -0.3 is 0 Å². The van der Waals surface area contributed by atoms with E-state index in [1.165, 1.54) is 24.3 Å². The van der Waals surface area contributed by atoms with Gasteiger partial charge in [0.25, 0.3) is 0 Å². The summed E-state index contributed by atoms with van der Waals surface area (Å²) in [4.78, 5) is 3.47. The minimum Gasteiger partial charge on any atom is -0.247 e. The van der Waals surface area contributed by atoms with Crippen molar-refractivity contribution in [2.45, 2.75) is 12.6 Å². The van der Waals surface area contributed by atoms with Gasteiger partial charge in [0.15, 0.2) is 0 Å². The number of nitrogens with zero attached hydrogens (tertiary/aromatic N) is 2. The van der Waals surface area contributed by atoms with Gasteiger partial charge in [0.05, 0.1) is 18.2 Å². The number of alkyl halides is 3. The summed E-state index contributed by atoms with van der Waals surface area (Å²) in [6.07, 6.45) is -4.86. The zero-order valence-corrected chi connectivity index (χ0v) is 10.1. The maximum absolute atomic E-state index is 13.2. The van der Waals surface area contributed by atoms with Crippen LogP contribution in [-0.4, -0.2) is 4.98 Å². The van der Waals surface area contributed by atoms with Crippen LogP contribution in [0.1, 0.15) is 11.4 Å². The fourth-order valence-electron chi connectivity index (χ4n) is 1.79. The quantitative estimate of drug-likeness (QED) is 0.780. The second-order valence-corrected chi connectivity index (χ2v) is 4.03. The van der Waals surface area contributed by atoms with Crippen LogP contribution in [0.2, 0.25) is 0 Å². The highest BCUT2D eigenvalue weighted by Gasteiger charge is 2.33. The Morgan fingerprint density at radius 1 is 1.15 bits per heavy atom. The Morgan fingerprint density at radius 2 is 1.90 bits per heavy atom. The second kappa shape index (κ2) is 5.29. The minimum absolute atomic E-state index is 0.0204. The molecule has 0 bridgehead atoms. The van der Waals surface area contributed by atoms with Crippen LogP contribution in [0.5, 0.6) is 0 Å². The molecular formula is C14H8F4N2. The molecule has 1 aromatic heterocycles. The number of nitriles is 1. The first-order chi connectivity index (χ1) is 9.41. The zero-order valence-electron chi connectivity index (χ0n) is 10.1. The first kappa shape index (κ1) is 14.0. The summed E-state index contributed by atoms with van der Waals surface area (Å²) < 4.78 is 51.0. The lowest BCUT2D eigenvalue weighted by Crippen LogP contribution is -2.10. The maximum atomic E-state index is 13.2. The van der Waals surface area contributed by atoms with Gasteiger partial charge in [-0.2, -0.15) is 18.4 Å². The van der Waals surface area contributed by atoms with E-state index in [1.807, 2.05) is 0 Å². The summed E-state index contributed by atoms with van der Waals surface area (Å²) in [5, 5.41) is 8.69. The summed E-state index contributed by atoms with van der Waals surface area (Å²) in [6, 6.07) is 9.20. The monoisotopic (exact) mass is 280 g/mol. The van der Waals surface area contributed by atoms with Gasteiger partial charge in [-0.1, -0.05) is 18.2 Å². The average molecular weight is 280 g/mol. The van der Waals surface area contributed by atoms with Crippen molar-refractivity contribution in [1.82, 2.24) is 4.98 Å². The Kier molecular flexibility index (Phi) is 3.70. The van der Waals surface area contributed by atoms with E-state index in [2.05, 4.69) is 4.98 Å². The molecule has 0 radical (unpaired) electrons. The number of halogens is 4. The molecule has 0 N–H and O–H groups in total. The number of pyridine rings is 1. The van der Waals surface area contributed by atoms with Crippen LogP contribution in [-0.2, 0) is 12.6 Å². The molecule has 2 rings (SSSR count). The summed E-state index contributed by atoms with van der Waals surface area (Å²) in [5.41, 5.74) is -0.383. The Hall–Kier alpha value is -2.42. The lowest BCUT2D eigenvalue weighted by atomic mass is 10.0. The summed E-state index contributed by atoms with van der Waals surface area (Å²) in [5.74, 6) is -0.509. The van der Waals surface area contributed by atoms with Crippen molar-refractivity contribution in [3.8, 4) is 17.2 Å². The minimum atomic E-state index is -4.58. The molecule has 0 aliphatic carbocycles. The highest BCUT2D eigenvalue weighted by Crippen LogP contribution is 2.31. The number of benzene rings is 1. The molecule has 2 aromatic rings. The van der Waals surface area contributed by atoms with E-state index in [4.69, 9.17) is 5.26 Å². The molecule has 0 spiro atoms. The van der Waals surface area contributed by atoms with Gasteiger partial charge in [0, 0.05) is 5.56 Å². The van der Waals surface area contributed by atoms with Crippen LogP contribution in [0.25, 0.3) is 11.1 Å². The first-order valence-corrected chi connectivity index (χ1v) is 5.62. The van der Waals surface area contributed by atoms with E-state index in [0.717, 1.165) is 6.07 Å².